The lowest BCUT2D eigenvalue weighted by Crippen LogP contribution is -2.25. The van der Waals surface area contributed by atoms with Crippen LogP contribution >= 0.6 is 11.3 Å². The maximum absolute atomic E-state index is 12.9. The molecule has 3 aromatic heterocycles. The Hall–Kier alpha value is -2.74. The number of carbonyl (C=O) groups excluding carboxylic acids is 2. The molecule has 0 aliphatic rings. The van der Waals surface area contributed by atoms with Gasteiger partial charge in [0.1, 0.15) is 0 Å². The molecule has 3 heterocycles. The Morgan fingerprint density at radius 1 is 1.24 bits per heavy atom. The number of amides is 1. The summed E-state index contributed by atoms with van der Waals surface area (Å²) in [7, 11) is 3.25. The van der Waals surface area contributed by atoms with Gasteiger partial charge in [-0.15, -0.1) is 11.3 Å². The number of aromatic nitrogens is 3. The number of nitrogens with one attached hydrogen (secondary N) is 1. The summed E-state index contributed by atoms with van der Waals surface area (Å²) in [6.45, 7) is 2.49. The summed E-state index contributed by atoms with van der Waals surface area (Å²) in [5, 5.41) is 10.3. The van der Waals surface area contributed by atoms with Crippen LogP contribution in [0.1, 0.15) is 48.2 Å². The Balaban J connectivity index is 1.67. The van der Waals surface area contributed by atoms with Crippen LogP contribution in [0.3, 0.4) is 0 Å². The second kappa shape index (κ2) is 9.65. The number of nitrogens with zero attached hydrogens (tertiary/aromatic N) is 3. The summed E-state index contributed by atoms with van der Waals surface area (Å²) < 4.78 is 6.36. The molecule has 154 valence electrons. The molecule has 3 aromatic rings. The van der Waals surface area contributed by atoms with Crippen LogP contribution in [0.5, 0.6) is 0 Å². The SMILES string of the molecule is COC(=O)CCCCCCNC(=O)c1cc(-c2cccs2)nc2c1c(C)nn2C. The molecule has 0 aliphatic carbocycles. The summed E-state index contributed by atoms with van der Waals surface area (Å²) in [5.74, 6) is -0.283. The predicted molar refractivity (Wildman–Crippen MR) is 114 cm³/mol. The average molecular weight is 415 g/mol. The third kappa shape index (κ3) is 5.00. The number of ether oxygens (including phenoxy) is 1. The normalized spacial score (nSPS) is 11.0. The van der Waals surface area contributed by atoms with Crippen molar-refractivity contribution in [2.45, 2.75) is 39.0 Å². The summed E-state index contributed by atoms with van der Waals surface area (Å²) in [5.41, 5.74) is 2.89. The first-order valence-electron chi connectivity index (χ1n) is 9.74. The van der Waals surface area contributed by atoms with Crippen molar-refractivity contribution < 1.29 is 14.3 Å². The van der Waals surface area contributed by atoms with Gasteiger partial charge in [-0.1, -0.05) is 18.9 Å². The fourth-order valence-corrected chi connectivity index (χ4v) is 4.01. The molecular weight excluding hydrogens is 388 g/mol. The third-order valence-corrected chi connectivity index (χ3v) is 5.70. The number of rotatable bonds is 9. The Morgan fingerprint density at radius 3 is 2.76 bits per heavy atom. The number of carbonyl (C=O) groups is 2. The molecule has 0 radical (unpaired) electrons. The molecule has 8 heteroatoms. The maximum atomic E-state index is 12.9. The minimum absolute atomic E-state index is 0.110. The molecule has 0 saturated carbocycles. The van der Waals surface area contributed by atoms with Crippen molar-refractivity contribution in [3.63, 3.8) is 0 Å². The molecule has 1 N–H and O–H groups in total. The Morgan fingerprint density at radius 2 is 2.03 bits per heavy atom. The number of esters is 1. The number of aryl methyl sites for hydroxylation is 2. The van der Waals surface area contributed by atoms with E-state index in [0.29, 0.717) is 24.2 Å². The molecule has 0 aliphatic heterocycles. The highest BCUT2D eigenvalue weighted by Gasteiger charge is 2.19. The van der Waals surface area contributed by atoms with Gasteiger partial charge in [0.05, 0.1) is 34.3 Å². The lowest BCUT2D eigenvalue weighted by molar-refractivity contribution is -0.140. The van der Waals surface area contributed by atoms with Gasteiger partial charge < -0.3 is 10.1 Å². The van der Waals surface area contributed by atoms with Crippen LogP contribution in [0.25, 0.3) is 21.6 Å². The van der Waals surface area contributed by atoms with Crippen molar-refractivity contribution >= 4 is 34.2 Å². The minimum atomic E-state index is -0.173. The summed E-state index contributed by atoms with van der Waals surface area (Å²) in [6.07, 6.45) is 4.02. The monoisotopic (exact) mass is 414 g/mol. The van der Waals surface area contributed by atoms with Crippen LogP contribution in [-0.2, 0) is 16.6 Å². The third-order valence-electron chi connectivity index (χ3n) is 4.81. The van der Waals surface area contributed by atoms with E-state index in [2.05, 4.69) is 15.2 Å². The fourth-order valence-electron chi connectivity index (χ4n) is 3.32. The second-order valence-electron chi connectivity index (χ2n) is 6.94. The van der Waals surface area contributed by atoms with Gasteiger partial charge in [0.2, 0.25) is 0 Å². The van der Waals surface area contributed by atoms with Crippen molar-refractivity contribution in [3.05, 3.63) is 34.8 Å². The van der Waals surface area contributed by atoms with E-state index in [1.807, 2.05) is 37.6 Å². The quantitative estimate of drug-likeness (QED) is 0.424. The van der Waals surface area contributed by atoms with Crippen molar-refractivity contribution in [3.8, 4) is 10.6 Å². The molecule has 0 atom stereocenters. The molecule has 1 amide bonds. The number of unbranched alkanes of at least 4 members (excludes halogenated alkanes) is 3. The van der Waals surface area contributed by atoms with Crippen LogP contribution in [0.4, 0.5) is 0 Å². The van der Waals surface area contributed by atoms with Crippen LogP contribution in [-0.4, -0.2) is 40.3 Å². The molecule has 7 nitrogen and oxygen atoms in total. The first-order valence-corrected chi connectivity index (χ1v) is 10.6. The minimum Gasteiger partial charge on any atom is -0.469 e. The zero-order valence-corrected chi connectivity index (χ0v) is 17.8. The summed E-state index contributed by atoms with van der Waals surface area (Å²) in [4.78, 5) is 29.8. The van der Waals surface area contributed by atoms with Crippen LogP contribution in [0, 0.1) is 6.92 Å². The lowest BCUT2D eigenvalue weighted by Gasteiger charge is -2.09. The smallest absolute Gasteiger partial charge is 0.305 e. The Bertz CT molecular complexity index is 995. The van der Waals surface area contributed by atoms with Gasteiger partial charge in [0.15, 0.2) is 5.65 Å². The van der Waals surface area contributed by atoms with Gasteiger partial charge in [-0.25, -0.2) is 4.98 Å². The number of pyridine rings is 1. The molecule has 29 heavy (non-hydrogen) atoms. The summed E-state index contributed by atoms with van der Waals surface area (Å²) in [6, 6.07) is 5.83. The first-order chi connectivity index (χ1) is 14.0. The van der Waals surface area contributed by atoms with Crippen molar-refractivity contribution in [2.24, 2.45) is 7.05 Å². The van der Waals surface area contributed by atoms with Crippen molar-refractivity contribution in [1.29, 1.82) is 0 Å². The number of methoxy groups -OCH3 is 1. The van der Waals surface area contributed by atoms with Gasteiger partial charge in [-0.05, 0) is 37.3 Å². The number of hydrogen-bond donors (Lipinski definition) is 1. The molecule has 3 rings (SSSR count). The molecule has 0 bridgehead atoms. The zero-order chi connectivity index (χ0) is 20.8. The van der Waals surface area contributed by atoms with E-state index in [1.165, 1.54) is 7.11 Å². The van der Waals surface area contributed by atoms with Gasteiger partial charge in [-0.3, -0.25) is 14.3 Å². The van der Waals surface area contributed by atoms with Crippen LogP contribution in [0.2, 0.25) is 0 Å². The van der Waals surface area contributed by atoms with E-state index >= 15 is 0 Å². The lowest BCUT2D eigenvalue weighted by atomic mass is 10.1. The van der Waals surface area contributed by atoms with Crippen LogP contribution < -0.4 is 5.32 Å². The number of fused-ring (bicyclic) bond motifs is 1. The average Bonchev–Trinajstić information content (AvgIpc) is 3.35. The van der Waals surface area contributed by atoms with E-state index in [9.17, 15) is 9.59 Å². The van der Waals surface area contributed by atoms with E-state index in [1.54, 1.807) is 16.0 Å². The zero-order valence-electron chi connectivity index (χ0n) is 17.0. The van der Waals surface area contributed by atoms with E-state index in [-0.39, 0.29) is 11.9 Å². The highest BCUT2D eigenvalue weighted by atomic mass is 32.1. The Labute approximate surface area is 174 Å². The predicted octanol–water partition coefficient (Wildman–Crippen LogP) is 3.86. The molecule has 0 unspecified atom stereocenters. The van der Waals surface area contributed by atoms with Gasteiger partial charge in [0, 0.05) is 20.0 Å². The maximum Gasteiger partial charge on any atom is 0.305 e. The second-order valence-corrected chi connectivity index (χ2v) is 7.88. The summed E-state index contributed by atoms with van der Waals surface area (Å²) >= 11 is 1.59. The topological polar surface area (TPSA) is 86.1 Å². The molecule has 0 saturated heterocycles. The highest BCUT2D eigenvalue weighted by Crippen LogP contribution is 2.29. The van der Waals surface area contributed by atoms with E-state index in [4.69, 9.17) is 4.98 Å². The highest BCUT2D eigenvalue weighted by molar-refractivity contribution is 7.13. The van der Waals surface area contributed by atoms with E-state index < -0.39 is 0 Å². The van der Waals surface area contributed by atoms with Gasteiger partial charge >= 0.3 is 5.97 Å². The molecule has 0 spiro atoms. The van der Waals surface area contributed by atoms with Crippen molar-refractivity contribution in [2.75, 3.05) is 13.7 Å². The fraction of sp³-hybridized carbons (Fsp3) is 0.429. The first kappa shape index (κ1) is 21.0. The number of hydrogen-bond acceptors (Lipinski definition) is 6. The van der Waals surface area contributed by atoms with Gasteiger partial charge in [0.25, 0.3) is 5.91 Å². The largest absolute Gasteiger partial charge is 0.469 e. The molecule has 0 aromatic carbocycles. The van der Waals surface area contributed by atoms with Crippen molar-refractivity contribution in [1.82, 2.24) is 20.1 Å². The molecule has 0 fully saturated rings. The number of thiophene rings is 1. The standard InChI is InChI=1S/C21H26N4O3S/c1-14-19-15(21(27)22-11-7-5-4-6-10-18(26)28-3)13-16(17-9-8-12-29-17)23-20(19)25(2)24-14/h8-9,12-13H,4-7,10-11H2,1-3H3,(H,22,27). The molecular formula is C21H26N4O3S. The van der Waals surface area contributed by atoms with Gasteiger partial charge in [-0.2, -0.15) is 5.10 Å². The van der Waals surface area contributed by atoms with Crippen LogP contribution in [0.15, 0.2) is 23.6 Å². The Kier molecular flexibility index (Phi) is 6.98. The van der Waals surface area contributed by atoms with E-state index in [0.717, 1.165) is 47.3 Å².